The third-order valence-corrected chi connectivity index (χ3v) is 5.18. The summed E-state index contributed by atoms with van der Waals surface area (Å²) in [7, 11) is 0. The summed E-state index contributed by atoms with van der Waals surface area (Å²) in [6.07, 6.45) is -0.972. The average Bonchev–Trinajstić information content (AvgIpc) is 2.94. The molecule has 24 heavy (non-hydrogen) atoms. The highest BCUT2D eigenvalue weighted by atomic mass is 16.5. The van der Waals surface area contributed by atoms with Crippen LogP contribution in [0.1, 0.15) is 37.2 Å². The van der Waals surface area contributed by atoms with Gasteiger partial charge in [-0.1, -0.05) is 0 Å². The fourth-order valence-corrected chi connectivity index (χ4v) is 3.88. The summed E-state index contributed by atoms with van der Waals surface area (Å²) in [6, 6.07) is 0. The van der Waals surface area contributed by atoms with Crippen molar-refractivity contribution in [3.8, 4) is 0 Å². The minimum absolute atomic E-state index is 0.201. The van der Waals surface area contributed by atoms with Gasteiger partial charge in [0, 0.05) is 19.4 Å². The minimum Gasteiger partial charge on any atom is -0.394 e. The highest BCUT2D eigenvalue weighted by Crippen LogP contribution is 2.36. The Balaban J connectivity index is 1.81. The van der Waals surface area contributed by atoms with E-state index in [9.17, 15) is 25.2 Å². The van der Waals surface area contributed by atoms with Gasteiger partial charge < -0.3 is 30.1 Å². The van der Waals surface area contributed by atoms with Crippen LogP contribution in [0.15, 0.2) is 11.0 Å². The molecule has 0 bridgehead atoms. The van der Waals surface area contributed by atoms with Crippen LogP contribution in [0.25, 0.3) is 0 Å². The van der Waals surface area contributed by atoms with Gasteiger partial charge in [0.05, 0.1) is 24.4 Å². The second-order valence-corrected chi connectivity index (χ2v) is 6.63. The number of aromatic nitrogens is 2. The Labute approximate surface area is 137 Å². The first kappa shape index (κ1) is 16.0. The third kappa shape index (κ3) is 2.27. The first-order valence-electron chi connectivity index (χ1n) is 8.27. The van der Waals surface area contributed by atoms with Crippen LogP contribution in [0.4, 0.5) is 5.82 Å². The first-order valence-corrected chi connectivity index (χ1v) is 8.27. The van der Waals surface area contributed by atoms with Gasteiger partial charge in [0.2, 0.25) is 12.0 Å². The molecule has 1 saturated heterocycles. The molecular weight excluding hydrogens is 318 g/mol. The first-order chi connectivity index (χ1) is 11.5. The van der Waals surface area contributed by atoms with Crippen LogP contribution < -0.4 is 15.2 Å². The van der Waals surface area contributed by atoms with Crippen molar-refractivity contribution in [3.63, 3.8) is 0 Å². The average molecular weight is 340 g/mol. The van der Waals surface area contributed by atoms with Gasteiger partial charge in [-0.25, -0.2) is 0 Å². The number of hydrogen-bond donors (Lipinski definition) is 4. The van der Waals surface area contributed by atoms with Gasteiger partial charge in [-0.05, 0) is 6.42 Å². The van der Waals surface area contributed by atoms with E-state index in [0.717, 1.165) is 0 Å². The molecule has 4 heterocycles. The molecule has 5 atom stereocenters. The molecule has 0 spiro atoms. The molecule has 1 aromatic rings. The van der Waals surface area contributed by atoms with Gasteiger partial charge in [0.1, 0.15) is 25.1 Å². The molecule has 1 aromatic heterocycles. The molecule has 9 nitrogen and oxygen atoms in total. The molecule has 3 aliphatic rings. The van der Waals surface area contributed by atoms with Crippen molar-refractivity contribution in [1.29, 1.82) is 0 Å². The summed E-state index contributed by atoms with van der Waals surface area (Å²) >= 11 is 0. The summed E-state index contributed by atoms with van der Waals surface area (Å²) in [5.74, 6) is 0.561. The molecular formula is C15H22N3O6+. The molecule has 132 valence electrons. The molecule has 1 fully saturated rings. The lowest BCUT2D eigenvalue weighted by atomic mass is 10.0. The van der Waals surface area contributed by atoms with Gasteiger partial charge in [-0.3, -0.25) is 0 Å². The molecule has 0 aromatic carbocycles. The van der Waals surface area contributed by atoms with Crippen LogP contribution >= 0.6 is 0 Å². The van der Waals surface area contributed by atoms with E-state index < -0.39 is 30.8 Å². The Kier molecular flexibility index (Phi) is 3.85. The Morgan fingerprint density at radius 3 is 2.75 bits per heavy atom. The van der Waals surface area contributed by atoms with E-state index in [0.29, 0.717) is 37.3 Å². The predicted octanol–water partition coefficient (Wildman–Crippen LogP) is -2.26. The zero-order valence-electron chi connectivity index (χ0n) is 13.2. The quantitative estimate of drug-likeness (QED) is 0.449. The number of aliphatic hydroxyl groups excluding tert-OH is 4. The van der Waals surface area contributed by atoms with Gasteiger partial charge in [0.15, 0.2) is 0 Å². The summed E-state index contributed by atoms with van der Waals surface area (Å²) in [4.78, 5) is 14.6. The van der Waals surface area contributed by atoms with Crippen molar-refractivity contribution in [1.82, 2.24) is 4.57 Å². The van der Waals surface area contributed by atoms with E-state index in [1.54, 1.807) is 15.7 Å². The molecule has 9 heteroatoms. The topological polar surface area (TPSA) is 119 Å². The fourth-order valence-electron chi connectivity index (χ4n) is 3.88. The lowest BCUT2D eigenvalue weighted by molar-refractivity contribution is -0.775. The van der Waals surface area contributed by atoms with Crippen molar-refractivity contribution < 1.29 is 29.7 Å². The highest BCUT2D eigenvalue weighted by molar-refractivity contribution is 5.51. The summed E-state index contributed by atoms with van der Waals surface area (Å²) in [6.45, 7) is 0.523. The van der Waals surface area contributed by atoms with Gasteiger partial charge in [0.25, 0.3) is 0 Å². The number of aliphatic hydroxyl groups is 4. The van der Waals surface area contributed by atoms with Crippen molar-refractivity contribution in [2.24, 2.45) is 0 Å². The molecule has 1 unspecified atom stereocenters. The zero-order chi connectivity index (χ0) is 17.0. The Morgan fingerprint density at radius 2 is 2.04 bits per heavy atom. The SMILES string of the molecule is O=c1n2c3c(c[n+]1[C@H]1C[C@H](O)[C@@H](CO)O1)[C@H](O)CCN3C(O)CC2. The lowest BCUT2D eigenvalue weighted by Gasteiger charge is -2.38. The van der Waals surface area contributed by atoms with Crippen molar-refractivity contribution in [3.05, 3.63) is 22.2 Å². The maximum absolute atomic E-state index is 12.9. The summed E-state index contributed by atoms with van der Waals surface area (Å²) < 4.78 is 8.51. The van der Waals surface area contributed by atoms with Crippen LogP contribution in [0, 0.1) is 0 Å². The Morgan fingerprint density at radius 1 is 1.25 bits per heavy atom. The maximum atomic E-state index is 12.9. The van der Waals surface area contributed by atoms with Gasteiger partial charge in [-0.15, -0.1) is 0 Å². The highest BCUT2D eigenvalue weighted by Gasteiger charge is 2.43. The summed E-state index contributed by atoms with van der Waals surface area (Å²) in [5.41, 5.74) is 0.265. The van der Waals surface area contributed by atoms with Gasteiger partial charge >= 0.3 is 5.69 Å². The number of anilines is 1. The molecule has 0 aliphatic carbocycles. The normalized spacial score (nSPS) is 35.2. The van der Waals surface area contributed by atoms with E-state index in [2.05, 4.69) is 0 Å². The fraction of sp³-hybridized carbons (Fsp3) is 0.733. The van der Waals surface area contributed by atoms with E-state index in [4.69, 9.17) is 4.74 Å². The molecule has 4 N–H and O–H groups in total. The summed E-state index contributed by atoms with van der Waals surface area (Å²) in [5, 5.41) is 39.7. The van der Waals surface area contributed by atoms with E-state index in [-0.39, 0.29) is 18.7 Å². The molecule has 0 saturated carbocycles. The van der Waals surface area contributed by atoms with Crippen LogP contribution in [0.5, 0.6) is 0 Å². The number of hydrogen-bond acceptors (Lipinski definition) is 7. The number of rotatable bonds is 2. The largest absolute Gasteiger partial charge is 0.501 e. The zero-order valence-corrected chi connectivity index (χ0v) is 13.2. The van der Waals surface area contributed by atoms with Crippen LogP contribution in [-0.4, -0.2) is 56.6 Å². The molecule has 0 radical (unpaired) electrons. The number of nitrogens with zero attached hydrogens (tertiary/aromatic N) is 3. The number of ether oxygens (including phenoxy) is 1. The smallest absolute Gasteiger partial charge is 0.394 e. The van der Waals surface area contributed by atoms with E-state index in [1.807, 2.05) is 0 Å². The van der Waals surface area contributed by atoms with Gasteiger partial charge in [-0.2, -0.15) is 13.9 Å². The molecule has 0 amide bonds. The Hall–Kier alpha value is -1.52. The molecule has 3 aliphatic heterocycles. The van der Waals surface area contributed by atoms with Crippen LogP contribution in [0.3, 0.4) is 0 Å². The minimum atomic E-state index is -0.840. The monoisotopic (exact) mass is 340 g/mol. The standard InChI is InChI=1S/C15H22N3O6/c19-7-11-10(21)5-13(24-11)18-6-8-9(20)1-3-16-12(22)2-4-17(14(8)16)15(18)23/h6,9-13,19-22H,1-5,7H2/q+1/t9-,10+,11-,12?,13-/m1/s1. The second kappa shape index (κ2) is 5.78. The molecule has 4 rings (SSSR count). The van der Waals surface area contributed by atoms with Crippen LogP contribution in [0.2, 0.25) is 0 Å². The van der Waals surface area contributed by atoms with Crippen molar-refractivity contribution >= 4 is 5.82 Å². The van der Waals surface area contributed by atoms with E-state index >= 15 is 0 Å². The lowest BCUT2D eigenvalue weighted by Crippen LogP contribution is -2.61. The maximum Gasteiger partial charge on any atom is 0.501 e. The third-order valence-electron chi connectivity index (χ3n) is 5.18. The second-order valence-electron chi connectivity index (χ2n) is 6.63. The van der Waals surface area contributed by atoms with Crippen LogP contribution in [-0.2, 0) is 11.3 Å². The van der Waals surface area contributed by atoms with E-state index in [1.165, 1.54) is 4.57 Å². The van der Waals surface area contributed by atoms with Crippen molar-refractivity contribution in [2.75, 3.05) is 18.1 Å². The Bertz CT molecular complexity index is 707. The van der Waals surface area contributed by atoms with Crippen molar-refractivity contribution in [2.45, 2.75) is 56.6 Å². The predicted molar refractivity (Wildman–Crippen MR) is 80.1 cm³/mol.